The number of ether oxygens (including phenoxy) is 2. The van der Waals surface area contributed by atoms with Gasteiger partial charge in [-0.05, 0) is 57.4 Å². The van der Waals surface area contributed by atoms with E-state index in [0.29, 0.717) is 17.8 Å². The van der Waals surface area contributed by atoms with Gasteiger partial charge < -0.3 is 14.4 Å². The summed E-state index contributed by atoms with van der Waals surface area (Å²) in [7, 11) is 1.62. The standard InChI is InChI=1S/C16H23NO3/c1-12-5-4-6-13(2)17(12)16(18)11-20-15-9-7-14(19-3)8-10-15/h7-10,12-13H,4-6,11H2,1-3H3. The molecule has 0 saturated carbocycles. The summed E-state index contributed by atoms with van der Waals surface area (Å²) in [5.74, 6) is 1.54. The minimum absolute atomic E-state index is 0.0699. The predicted molar refractivity (Wildman–Crippen MR) is 78.1 cm³/mol. The second kappa shape index (κ2) is 6.64. The highest BCUT2D eigenvalue weighted by atomic mass is 16.5. The highest BCUT2D eigenvalue weighted by molar-refractivity contribution is 5.78. The van der Waals surface area contributed by atoms with E-state index in [-0.39, 0.29) is 12.5 Å². The number of hydrogen-bond donors (Lipinski definition) is 0. The second-order valence-electron chi connectivity index (χ2n) is 5.39. The minimum atomic E-state index is 0.0699. The molecule has 1 aromatic carbocycles. The Balaban J connectivity index is 1.90. The van der Waals surface area contributed by atoms with E-state index < -0.39 is 0 Å². The number of hydrogen-bond acceptors (Lipinski definition) is 3. The summed E-state index contributed by atoms with van der Waals surface area (Å²) in [6, 6.07) is 7.90. The fourth-order valence-electron chi connectivity index (χ4n) is 2.80. The first-order valence-corrected chi connectivity index (χ1v) is 7.20. The molecule has 20 heavy (non-hydrogen) atoms. The molecular formula is C16H23NO3. The van der Waals surface area contributed by atoms with Crippen LogP contribution < -0.4 is 9.47 Å². The molecule has 1 heterocycles. The lowest BCUT2D eigenvalue weighted by atomic mass is 9.97. The Bertz CT molecular complexity index is 434. The lowest BCUT2D eigenvalue weighted by molar-refractivity contribution is -0.139. The molecule has 0 bridgehead atoms. The first-order valence-electron chi connectivity index (χ1n) is 7.20. The minimum Gasteiger partial charge on any atom is -0.497 e. The maximum atomic E-state index is 12.3. The van der Waals surface area contributed by atoms with Gasteiger partial charge in [0.2, 0.25) is 0 Å². The monoisotopic (exact) mass is 277 g/mol. The number of methoxy groups -OCH3 is 1. The van der Waals surface area contributed by atoms with Gasteiger partial charge in [0.25, 0.3) is 5.91 Å². The van der Waals surface area contributed by atoms with Gasteiger partial charge in [0.05, 0.1) is 7.11 Å². The highest BCUT2D eigenvalue weighted by Gasteiger charge is 2.28. The van der Waals surface area contributed by atoms with Crippen molar-refractivity contribution >= 4 is 5.91 Å². The Morgan fingerprint density at radius 3 is 2.25 bits per heavy atom. The molecule has 4 heteroatoms. The molecule has 2 rings (SSSR count). The number of piperidine rings is 1. The van der Waals surface area contributed by atoms with E-state index in [9.17, 15) is 4.79 Å². The molecule has 1 saturated heterocycles. The summed E-state index contributed by atoms with van der Waals surface area (Å²) in [4.78, 5) is 14.3. The van der Waals surface area contributed by atoms with Gasteiger partial charge in [-0.3, -0.25) is 4.79 Å². The molecule has 1 fully saturated rings. The Hall–Kier alpha value is -1.71. The average molecular weight is 277 g/mol. The number of likely N-dealkylation sites (tertiary alicyclic amines) is 1. The number of carbonyl (C=O) groups is 1. The van der Waals surface area contributed by atoms with Gasteiger partial charge in [-0.25, -0.2) is 0 Å². The van der Waals surface area contributed by atoms with Crippen molar-refractivity contribution in [1.82, 2.24) is 4.90 Å². The molecular weight excluding hydrogens is 254 g/mol. The van der Waals surface area contributed by atoms with Gasteiger partial charge in [-0.1, -0.05) is 0 Å². The van der Waals surface area contributed by atoms with Crippen molar-refractivity contribution < 1.29 is 14.3 Å². The maximum Gasteiger partial charge on any atom is 0.260 e. The first kappa shape index (κ1) is 14.7. The SMILES string of the molecule is COc1ccc(OCC(=O)N2C(C)CCCC2C)cc1. The van der Waals surface area contributed by atoms with Crippen LogP contribution in [0.3, 0.4) is 0 Å². The molecule has 4 nitrogen and oxygen atoms in total. The first-order chi connectivity index (χ1) is 9.61. The molecule has 1 aromatic rings. The van der Waals surface area contributed by atoms with Gasteiger partial charge in [0.1, 0.15) is 11.5 Å². The van der Waals surface area contributed by atoms with Gasteiger partial charge >= 0.3 is 0 Å². The van der Waals surface area contributed by atoms with Crippen LogP contribution >= 0.6 is 0 Å². The molecule has 0 aliphatic carbocycles. The fourth-order valence-corrected chi connectivity index (χ4v) is 2.80. The lowest BCUT2D eigenvalue weighted by Crippen LogP contribution is -2.49. The third-order valence-electron chi connectivity index (χ3n) is 3.90. The summed E-state index contributed by atoms with van der Waals surface area (Å²) in [5, 5.41) is 0. The zero-order chi connectivity index (χ0) is 14.5. The van der Waals surface area contributed by atoms with E-state index in [1.165, 1.54) is 6.42 Å². The summed E-state index contributed by atoms with van der Waals surface area (Å²) < 4.78 is 10.7. The summed E-state index contributed by atoms with van der Waals surface area (Å²) in [6.07, 6.45) is 3.36. The predicted octanol–water partition coefficient (Wildman–Crippen LogP) is 2.86. The summed E-state index contributed by atoms with van der Waals surface area (Å²) in [6.45, 7) is 4.32. The van der Waals surface area contributed by atoms with Gasteiger partial charge in [0.15, 0.2) is 6.61 Å². The van der Waals surface area contributed by atoms with E-state index in [0.717, 1.165) is 18.6 Å². The molecule has 0 N–H and O–H groups in total. The van der Waals surface area contributed by atoms with Gasteiger partial charge in [-0.2, -0.15) is 0 Å². The number of carbonyl (C=O) groups excluding carboxylic acids is 1. The van der Waals surface area contributed by atoms with Crippen molar-refractivity contribution in [2.45, 2.75) is 45.2 Å². The highest BCUT2D eigenvalue weighted by Crippen LogP contribution is 2.23. The van der Waals surface area contributed by atoms with Crippen molar-refractivity contribution in [3.05, 3.63) is 24.3 Å². The van der Waals surface area contributed by atoms with Crippen molar-refractivity contribution in [3.63, 3.8) is 0 Å². The second-order valence-corrected chi connectivity index (χ2v) is 5.39. The van der Waals surface area contributed by atoms with Crippen LogP contribution in [0.25, 0.3) is 0 Å². The lowest BCUT2D eigenvalue weighted by Gasteiger charge is -2.38. The third kappa shape index (κ3) is 3.44. The fraction of sp³-hybridized carbons (Fsp3) is 0.562. The van der Waals surface area contributed by atoms with E-state index in [4.69, 9.17) is 9.47 Å². The normalized spacial score (nSPS) is 22.4. The Morgan fingerprint density at radius 1 is 1.15 bits per heavy atom. The van der Waals surface area contributed by atoms with Crippen LogP contribution in [-0.4, -0.2) is 36.6 Å². The van der Waals surface area contributed by atoms with Gasteiger partial charge in [0, 0.05) is 12.1 Å². The van der Waals surface area contributed by atoms with E-state index in [1.807, 2.05) is 29.2 Å². The molecule has 0 aromatic heterocycles. The van der Waals surface area contributed by atoms with Crippen LogP contribution in [0.4, 0.5) is 0 Å². The van der Waals surface area contributed by atoms with Crippen molar-refractivity contribution in [2.24, 2.45) is 0 Å². The van der Waals surface area contributed by atoms with Gasteiger partial charge in [-0.15, -0.1) is 0 Å². The topological polar surface area (TPSA) is 38.8 Å². The largest absolute Gasteiger partial charge is 0.497 e. The molecule has 2 unspecified atom stereocenters. The van der Waals surface area contributed by atoms with Crippen LogP contribution in [0.5, 0.6) is 11.5 Å². The van der Waals surface area contributed by atoms with E-state index in [2.05, 4.69) is 13.8 Å². The van der Waals surface area contributed by atoms with Crippen molar-refractivity contribution in [3.8, 4) is 11.5 Å². The zero-order valence-corrected chi connectivity index (χ0v) is 12.5. The molecule has 0 spiro atoms. The zero-order valence-electron chi connectivity index (χ0n) is 12.5. The Kier molecular flexibility index (Phi) is 4.88. The molecule has 1 aliphatic heterocycles. The smallest absolute Gasteiger partial charge is 0.260 e. The van der Waals surface area contributed by atoms with Crippen LogP contribution in [0.1, 0.15) is 33.1 Å². The maximum absolute atomic E-state index is 12.3. The number of nitrogens with zero attached hydrogens (tertiary/aromatic N) is 1. The number of rotatable bonds is 4. The summed E-state index contributed by atoms with van der Waals surface area (Å²) in [5.41, 5.74) is 0. The number of benzene rings is 1. The Morgan fingerprint density at radius 2 is 1.70 bits per heavy atom. The molecule has 110 valence electrons. The molecule has 1 aliphatic rings. The van der Waals surface area contributed by atoms with Crippen LogP contribution in [-0.2, 0) is 4.79 Å². The molecule has 2 atom stereocenters. The van der Waals surface area contributed by atoms with E-state index >= 15 is 0 Å². The Labute approximate surface area is 120 Å². The van der Waals surface area contributed by atoms with Crippen LogP contribution in [0, 0.1) is 0 Å². The van der Waals surface area contributed by atoms with Crippen molar-refractivity contribution in [2.75, 3.05) is 13.7 Å². The molecule has 1 amide bonds. The average Bonchev–Trinajstić information content (AvgIpc) is 2.45. The third-order valence-corrected chi connectivity index (χ3v) is 3.90. The van der Waals surface area contributed by atoms with E-state index in [1.54, 1.807) is 7.11 Å². The molecule has 0 radical (unpaired) electrons. The number of amides is 1. The summed E-state index contributed by atoms with van der Waals surface area (Å²) >= 11 is 0. The van der Waals surface area contributed by atoms with Crippen LogP contribution in [0.2, 0.25) is 0 Å². The van der Waals surface area contributed by atoms with Crippen LogP contribution in [0.15, 0.2) is 24.3 Å². The van der Waals surface area contributed by atoms with Crippen molar-refractivity contribution in [1.29, 1.82) is 0 Å². The quantitative estimate of drug-likeness (QED) is 0.849.